The first-order valence-electron chi connectivity index (χ1n) is 6.64. The van der Waals surface area contributed by atoms with Crippen molar-refractivity contribution in [2.45, 2.75) is 6.92 Å². The molecule has 116 valence electrons. The number of aromatic nitrogens is 2. The van der Waals surface area contributed by atoms with E-state index in [9.17, 15) is 4.79 Å². The molecule has 1 aromatic heterocycles. The lowest BCUT2D eigenvalue weighted by molar-refractivity contribution is 0.0977. The number of hydrogen-bond acceptors (Lipinski definition) is 5. The molecule has 0 saturated heterocycles. The molecular weight excluding hydrogens is 396 g/mol. The Kier molecular flexibility index (Phi) is 4.65. The van der Waals surface area contributed by atoms with Gasteiger partial charge in [0.1, 0.15) is 11.0 Å². The van der Waals surface area contributed by atoms with Crippen LogP contribution in [0.25, 0.3) is 11.0 Å². The standard InChI is InChI=1S/C15H11BrN4OS2/c1-8-5-6-11-13(20-23-19-11)12(8)17-15(22)18-14(21)9-3-2-4-10(16)7-9/h2-7H,1H3,(H2,17,18,21,22). The third kappa shape index (κ3) is 3.54. The number of rotatable bonds is 2. The van der Waals surface area contributed by atoms with Crippen molar-refractivity contribution in [3.05, 3.63) is 52.0 Å². The van der Waals surface area contributed by atoms with E-state index in [4.69, 9.17) is 12.2 Å². The molecule has 2 N–H and O–H groups in total. The van der Waals surface area contributed by atoms with Crippen molar-refractivity contribution in [3.63, 3.8) is 0 Å². The van der Waals surface area contributed by atoms with Crippen molar-refractivity contribution in [3.8, 4) is 0 Å². The molecule has 0 aliphatic carbocycles. The minimum absolute atomic E-state index is 0.221. The highest BCUT2D eigenvalue weighted by Gasteiger charge is 2.12. The normalized spacial score (nSPS) is 10.5. The summed E-state index contributed by atoms with van der Waals surface area (Å²) >= 11 is 9.72. The molecule has 0 saturated carbocycles. The molecule has 0 unspecified atom stereocenters. The van der Waals surface area contributed by atoms with Crippen LogP contribution in [0, 0.1) is 6.92 Å². The maximum Gasteiger partial charge on any atom is 0.257 e. The molecule has 3 aromatic rings. The van der Waals surface area contributed by atoms with E-state index in [1.165, 1.54) is 0 Å². The minimum atomic E-state index is -0.273. The zero-order valence-electron chi connectivity index (χ0n) is 12.0. The number of thiocarbonyl (C=S) groups is 1. The van der Waals surface area contributed by atoms with Crippen molar-refractivity contribution in [2.24, 2.45) is 0 Å². The van der Waals surface area contributed by atoms with E-state index in [1.54, 1.807) is 18.2 Å². The summed E-state index contributed by atoms with van der Waals surface area (Å²) in [5.41, 5.74) is 3.80. The first-order chi connectivity index (χ1) is 11.0. The van der Waals surface area contributed by atoms with Crippen LogP contribution in [0.3, 0.4) is 0 Å². The Morgan fingerprint density at radius 3 is 2.87 bits per heavy atom. The molecule has 0 bridgehead atoms. The van der Waals surface area contributed by atoms with E-state index < -0.39 is 0 Å². The lowest BCUT2D eigenvalue weighted by atomic mass is 10.1. The summed E-state index contributed by atoms with van der Waals surface area (Å²) in [6, 6.07) is 10.9. The Morgan fingerprint density at radius 1 is 1.26 bits per heavy atom. The molecule has 0 spiro atoms. The fourth-order valence-electron chi connectivity index (χ4n) is 2.06. The number of anilines is 1. The van der Waals surface area contributed by atoms with Crippen LogP contribution < -0.4 is 10.6 Å². The minimum Gasteiger partial charge on any atom is -0.330 e. The second-order valence-corrected chi connectivity index (χ2v) is 6.66. The molecule has 8 heteroatoms. The van der Waals surface area contributed by atoms with Gasteiger partial charge in [0.05, 0.1) is 17.4 Å². The van der Waals surface area contributed by atoms with Crippen molar-refractivity contribution in [2.75, 3.05) is 5.32 Å². The van der Waals surface area contributed by atoms with Gasteiger partial charge in [0.15, 0.2) is 5.11 Å². The summed E-state index contributed by atoms with van der Waals surface area (Å²) < 4.78 is 9.30. The van der Waals surface area contributed by atoms with Gasteiger partial charge < -0.3 is 5.32 Å². The second-order valence-electron chi connectivity index (χ2n) is 4.81. The monoisotopic (exact) mass is 406 g/mol. The van der Waals surface area contributed by atoms with Crippen LogP contribution in [-0.2, 0) is 0 Å². The van der Waals surface area contributed by atoms with Crippen LogP contribution in [-0.4, -0.2) is 19.8 Å². The topological polar surface area (TPSA) is 66.9 Å². The Balaban J connectivity index is 1.77. The predicted octanol–water partition coefficient (Wildman–Crippen LogP) is 3.89. The highest BCUT2D eigenvalue weighted by Crippen LogP contribution is 2.25. The van der Waals surface area contributed by atoms with E-state index in [1.807, 2.05) is 25.1 Å². The Morgan fingerprint density at radius 2 is 2.09 bits per heavy atom. The van der Waals surface area contributed by atoms with E-state index in [0.717, 1.165) is 38.5 Å². The predicted molar refractivity (Wildman–Crippen MR) is 100.0 cm³/mol. The molecule has 0 atom stereocenters. The largest absolute Gasteiger partial charge is 0.330 e. The number of halogens is 1. The fourth-order valence-corrected chi connectivity index (χ4v) is 3.20. The number of benzene rings is 2. The number of amides is 1. The van der Waals surface area contributed by atoms with Gasteiger partial charge in [-0.1, -0.05) is 28.1 Å². The zero-order chi connectivity index (χ0) is 16.4. The average molecular weight is 407 g/mol. The van der Waals surface area contributed by atoms with Crippen LogP contribution in [0.15, 0.2) is 40.9 Å². The zero-order valence-corrected chi connectivity index (χ0v) is 15.2. The maximum absolute atomic E-state index is 12.2. The third-order valence-electron chi connectivity index (χ3n) is 3.19. The lowest BCUT2D eigenvalue weighted by Gasteiger charge is -2.12. The van der Waals surface area contributed by atoms with Gasteiger partial charge in [-0.2, -0.15) is 8.75 Å². The highest BCUT2D eigenvalue weighted by molar-refractivity contribution is 9.10. The van der Waals surface area contributed by atoms with Gasteiger partial charge in [-0.15, -0.1) is 0 Å². The molecule has 23 heavy (non-hydrogen) atoms. The quantitative estimate of drug-likeness (QED) is 0.631. The molecular formula is C15H11BrN4OS2. The summed E-state index contributed by atoms with van der Waals surface area (Å²) in [6.45, 7) is 1.94. The third-order valence-corrected chi connectivity index (χ3v) is 4.43. The Hall–Kier alpha value is -1.90. The summed E-state index contributed by atoms with van der Waals surface area (Å²) in [7, 11) is 0. The van der Waals surface area contributed by atoms with Crippen molar-refractivity contribution in [1.82, 2.24) is 14.1 Å². The number of carbonyl (C=O) groups is 1. The van der Waals surface area contributed by atoms with Gasteiger partial charge in [-0.3, -0.25) is 10.1 Å². The number of nitrogens with zero attached hydrogens (tertiary/aromatic N) is 2. The van der Waals surface area contributed by atoms with Gasteiger partial charge in [-0.05, 0) is 49.0 Å². The van der Waals surface area contributed by atoms with Crippen LogP contribution in [0.4, 0.5) is 5.69 Å². The van der Waals surface area contributed by atoms with Gasteiger partial charge >= 0.3 is 0 Å². The number of aryl methyl sites for hydroxylation is 1. The van der Waals surface area contributed by atoms with Crippen LogP contribution in [0.2, 0.25) is 0 Å². The maximum atomic E-state index is 12.2. The summed E-state index contributed by atoms with van der Waals surface area (Å²) in [5.74, 6) is -0.273. The Bertz CT molecular complexity index is 909. The average Bonchev–Trinajstić information content (AvgIpc) is 2.99. The Labute approximate surface area is 150 Å². The number of hydrogen-bond donors (Lipinski definition) is 2. The SMILES string of the molecule is Cc1ccc2nsnc2c1NC(=S)NC(=O)c1cccc(Br)c1. The van der Waals surface area contributed by atoms with Crippen molar-refractivity contribution >= 4 is 67.6 Å². The second kappa shape index (κ2) is 6.69. The van der Waals surface area contributed by atoms with Gasteiger partial charge in [0.25, 0.3) is 5.91 Å². The van der Waals surface area contributed by atoms with Crippen LogP contribution >= 0.6 is 39.9 Å². The van der Waals surface area contributed by atoms with Crippen LogP contribution in [0.5, 0.6) is 0 Å². The molecule has 5 nitrogen and oxygen atoms in total. The molecule has 1 heterocycles. The number of fused-ring (bicyclic) bond motifs is 1. The molecule has 0 aliphatic rings. The van der Waals surface area contributed by atoms with E-state index >= 15 is 0 Å². The summed E-state index contributed by atoms with van der Waals surface area (Å²) in [6.07, 6.45) is 0. The fraction of sp³-hybridized carbons (Fsp3) is 0.0667. The molecule has 0 radical (unpaired) electrons. The smallest absolute Gasteiger partial charge is 0.257 e. The molecule has 1 amide bonds. The van der Waals surface area contributed by atoms with Gasteiger partial charge in [0, 0.05) is 10.0 Å². The van der Waals surface area contributed by atoms with E-state index in [-0.39, 0.29) is 11.0 Å². The number of carbonyl (C=O) groups excluding carboxylic acids is 1. The summed E-state index contributed by atoms with van der Waals surface area (Å²) in [4.78, 5) is 12.2. The molecule has 2 aromatic carbocycles. The lowest BCUT2D eigenvalue weighted by Crippen LogP contribution is -2.34. The molecule has 0 fully saturated rings. The molecule has 3 rings (SSSR count). The summed E-state index contributed by atoms with van der Waals surface area (Å²) in [5, 5.41) is 5.94. The van der Waals surface area contributed by atoms with Crippen LogP contribution in [0.1, 0.15) is 15.9 Å². The first kappa shape index (κ1) is 16.0. The first-order valence-corrected chi connectivity index (χ1v) is 8.57. The van der Waals surface area contributed by atoms with E-state index in [0.29, 0.717) is 5.56 Å². The van der Waals surface area contributed by atoms with Gasteiger partial charge in [0.2, 0.25) is 0 Å². The van der Waals surface area contributed by atoms with Crippen molar-refractivity contribution in [1.29, 1.82) is 0 Å². The van der Waals surface area contributed by atoms with Gasteiger partial charge in [-0.25, -0.2) is 0 Å². The molecule has 0 aliphatic heterocycles. The highest BCUT2D eigenvalue weighted by atomic mass is 79.9. The van der Waals surface area contributed by atoms with E-state index in [2.05, 4.69) is 35.3 Å². The van der Waals surface area contributed by atoms with Crippen molar-refractivity contribution < 1.29 is 4.79 Å². The number of nitrogens with one attached hydrogen (secondary N) is 2.